The van der Waals surface area contributed by atoms with Crippen molar-refractivity contribution in [1.29, 1.82) is 0 Å². The number of fused-ring (bicyclic) bond motifs is 1. The van der Waals surface area contributed by atoms with Crippen LogP contribution in [0.15, 0.2) is 72.9 Å². The molecule has 1 aliphatic heterocycles. The maximum atomic E-state index is 12.7. The fourth-order valence-electron chi connectivity index (χ4n) is 4.12. The summed E-state index contributed by atoms with van der Waals surface area (Å²) in [6.07, 6.45) is 2.79. The molecular formula is C28H27N3O5. The van der Waals surface area contributed by atoms with Crippen LogP contribution in [-0.4, -0.2) is 36.7 Å². The van der Waals surface area contributed by atoms with Crippen LogP contribution in [0.1, 0.15) is 17.5 Å². The Labute approximate surface area is 209 Å². The highest BCUT2D eigenvalue weighted by molar-refractivity contribution is 5.77. The first kappa shape index (κ1) is 23.3. The molecule has 4 aromatic rings. The first-order valence-corrected chi connectivity index (χ1v) is 11.7. The summed E-state index contributed by atoms with van der Waals surface area (Å²) in [5, 5.41) is 7.85. The second-order valence-electron chi connectivity index (χ2n) is 8.31. The van der Waals surface area contributed by atoms with Crippen LogP contribution < -0.4 is 24.3 Å². The molecule has 5 rings (SSSR count). The van der Waals surface area contributed by atoms with Gasteiger partial charge in [-0.1, -0.05) is 24.3 Å². The van der Waals surface area contributed by atoms with Crippen molar-refractivity contribution in [2.75, 3.05) is 21.0 Å². The molecule has 3 aromatic carbocycles. The van der Waals surface area contributed by atoms with Crippen LogP contribution in [0.2, 0.25) is 0 Å². The Morgan fingerprint density at radius 3 is 2.64 bits per heavy atom. The van der Waals surface area contributed by atoms with Crippen molar-refractivity contribution in [3.8, 4) is 39.9 Å². The number of hydrogen-bond donors (Lipinski definition) is 1. The van der Waals surface area contributed by atoms with Crippen molar-refractivity contribution in [3.05, 3.63) is 84.1 Å². The molecule has 184 valence electrons. The lowest BCUT2D eigenvalue weighted by molar-refractivity contribution is -0.121. The number of hydrogen-bond acceptors (Lipinski definition) is 6. The van der Waals surface area contributed by atoms with Crippen LogP contribution in [-0.2, 0) is 17.8 Å². The number of carbonyl (C=O) groups excluding carboxylic acids is 1. The zero-order valence-electron chi connectivity index (χ0n) is 20.2. The van der Waals surface area contributed by atoms with Crippen LogP contribution >= 0.6 is 0 Å². The summed E-state index contributed by atoms with van der Waals surface area (Å²) in [7, 11) is 3.25. The average molecular weight is 486 g/mol. The number of methoxy groups -OCH3 is 2. The minimum atomic E-state index is -0.0521. The number of amides is 1. The standard InChI is InChI=1S/C28H27N3O5/c1-33-22-10-12-24(34-2)23(15-22)28-20(17-31(30-28)21-6-4-3-5-7-21)9-13-27(32)29-16-19-8-11-25-26(14-19)36-18-35-25/h3-8,10-12,14-15,17H,9,13,16,18H2,1-2H3,(H,29,32). The van der Waals surface area contributed by atoms with E-state index in [1.54, 1.807) is 14.2 Å². The zero-order chi connectivity index (χ0) is 24.9. The number of nitrogens with zero attached hydrogens (tertiary/aromatic N) is 2. The molecule has 36 heavy (non-hydrogen) atoms. The van der Waals surface area contributed by atoms with Crippen molar-refractivity contribution >= 4 is 5.91 Å². The van der Waals surface area contributed by atoms with Gasteiger partial charge in [0.2, 0.25) is 12.7 Å². The van der Waals surface area contributed by atoms with Crippen molar-refractivity contribution in [3.63, 3.8) is 0 Å². The third-order valence-corrected chi connectivity index (χ3v) is 6.02. The van der Waals surface area contributed by atoms with Gasteiger partial charge in [-0.05, 0) is 60.0 Å². The zero-order valence-corrected chi connectivity index (χ0v) is 20.2. The summed E-state index contributed by atoms with van der Waals surface area (Å²) < 4.78 is 23.6. The summed E-state index contributed by atoms with van der Waals surface area (Å²) in [5.41, 5.74) is 4.37. The van der Waals surface area contributed by atoms with Gasteiger partial charge >= 0.3 is 0 Å². The molecule has 2 heterocycles. The highest BCUT2D eigenvalue weighted by Crippen LogP contribution is 2.35. The third kappa shape index (κ3) is 4.98. The molecule has 0 aliphatic carbocycles. The Hall–Kier alpha value is -4.46. The summed E-state index contributed by atoms with van der Waals surface area (Å²) in [6, 6.07) is 21.1. The largest absolute Gasteiger partial charge is 0.497 e. The van der Waals surface area contributed by atoms with Crippen LogP contribution in [0.3, 0.4) is 0 Å². The topological polar surface area (TPSA) is 83.8 Å². The lowest BCUT2D eigenvalue weighted by atomic mass is 10.0. The van der Waals surface area contributed by atoms with Gasteiger partial charge in [0, 0.05) is 24.7 Å². The SMILES string of the molecule is COc1ccc(OC)c(-c2nn(-c3ccccc3)cc2CCC(=O)NCc2ccc3c(c2)OCO3)c1. The number of benzene rings is 3. The Kier molecular flexibility index (Phi) is 6.75. The molecule has 0 radical (unpaired) electrons. The fourth-order valence-corrected chi connectivity index (χ4v) is 4.12. The smallest absolute Gasteiger partial charge is 0.231 e. The van der Waals surface area contributed by atoms with E-state index in [2.05, 4.69) is 5.32 Å². The number of nitrogens with one attached hydrogen (secondary N) is 1. The summed E-state index contributed by atoms with van der Waals surface area (Å²) in [4.78, 5) is 12.7. The molecule has 1 aromatic heterocycles. The first-order chi connectivity index (χ1) is 17.6. The highest BCUT2D eigenvalue weighted by Gasteiger charge is 2.18. The lowest BCUT2D eigenvalue weighted by Crippen LogP contribution is -2.23. The molecule has 0 unspecified atom stereocenters. The lowest BCUT2D eigenvalue weighted by Gasteiger charge is -2.10. The minimum absolute atomic E-state index is 0.0521. The maximum absolute atomic E-state index is 12.7. The summed E-state index contributed by atoms with van der Waals surface area (Å²) >= 11 is 0. The number of carbonyl (C=O) groups is 1. The molecule has 8 nitrogen and oxygen atoms in total. The monoisotopic (exact) mass is 485 g/mol. The number of para-hydroxylation sites is 1. The van der Waals surface area contributed by atoms with E-state index in [9.17, 15) is 4.79 Å². The van der Waals surface area contributed by atoms with Gasteiger partial charge in [-0.2, -0.15) is 5.10 Å². The van der Waals surface area contributed by atoms with E-state index in [4.69, 9.17) is 24.0 Å². The predicted molar refractivity (Wildman–Crippen MR) is 135 cm³/mol. The molecule has 1 amide bonds. The minimum Gasteiger partial charge on any atom is -0.497 e. The molecule has 0 spiro atoms. The van der Waals surface area contributed by atoms with E-state index in [0.29, 0.717) is 36.6 Å². The van der Waals surface area contributed by atoms with Crippen LogP contribution in [0.5, 0.6) is 23.0 Å². The quantitative estimate of drug-likeness (QED) is 0.375. The van der Waals surface area contributed by atoms with Crippen LogP contribution in [0.25, 0.3) is 16.9 Å². The molecule has 0 fully saturated rings. The van der Waals surface area contributed by atoms with Crippen molar-refractivity contribution in [1.82, 2.24) is 15.1 Å². The van der Waals surface area contributed by atoms with Gasteiger partial charge < -0.3 is 24.3 Å². The second-order valence-corrected chi connectivity index (χ2v) is 8.31. The van der Waals surface area contributed by atoms with E-state index in [1.165, 1.54) is 0 Å². The number of aryl methyl sites for hydroxylation is 1. The van der Waals surface area contributed by atoms with Crippen molar-refractivity contribution < 1.29 is 23.7 Å². The third-order valence-electron chi connectivity index (χ3n) is 6.02. The van der Waals surface area contributed by atoms with E-state index in [-0.39, 0.29) is 12.7 Å². The molecular weight excluding hydrogens is 458 g/mol. The van der Waals surface area contributed by atoms with Crippen LogP contribution in [0.4, 0.5) is 0 Å². The summed E-state index contributed by atoms with van der Waals surface area (Å²) in [6.45, 7) is 0.636. The van der Waals surface area contributed by atoms with Gasteiger partial charge in [0.25, 0.3) is 0 Å². The average Bonchev–Trinajstić information content (AvgIpc) is 3.57. The first-order valence-electron chi connectivity index (χ1n) is 11.7. The Morgan fingerprint density at radius 1 is 1.00 bits per heavy atom. The molecule has 0 saturated carbocycles. The Morgan fingerprint density at radius 2 is 1.83 bits per heavy atom. The highest BCUT2D eigenvalue weighted by atomic mass is 16.7. The van der Waals surface area contributed by atoms with Gasteiger partial charge in [-0.25, -0.2) is 4.68 Å². The Bertz CT molecular complexity index is 1370. The van der Waals surface area contributed by atoms with E-state index < -0.39 is 0 Å². The van der Waals surface area contributed by atoms with Gasteiger partial charge in [-0.15, -0.1) is 0 Å². The van der Waals surface area contributed by atoms with Crippen molar-refractivity contribution in [2.45, 2.75) is 19.4 Å². The molecule has 0 saturated heterocycles. The number of rotatable bonds is 9. The molecule has 1 aliphatic rings. The van der Waals surface area contributed by atoms with E-state index in [0.717, 1.165) is 33.8 Å². The number of aromatic nitrogens is 2. The van der Waals surface area contributed by atoms with Gasteiger partial charge in [0.05, 0.1) is 25.6 Å². The predicted octanol–water partition coefficient (Wildman–Crippen LogP) is 4.53. The molecule has 0 bridgehead atoms. The van der Waals surface area contributed by atoms with Gasteiger partial charge in [0.15, 0.2) is 11.5 Å². The summed E-state index contributed by atoms with van der Waals surface area (Å²) in [5.74, 6) is 2.76. The van der Waals surface area contributed by atoms with E-state index >= 15 is 0 Å². The fraction of sp³-hybridized carbons (Fsp3) is 0.214. The van der Waals surface area contributed by atoms with E-state index in [1.807, 2.05) is 77.6 Å². The second kappa shape index (κ2) is 10.4. The normalized spacial score (nSPS) is 11.8. The van der Waals surface area contributed by atoms with Gasteiger partial charge in [-0.3, -0.25) is 4.79 Å². The number of ether oxygens (including phenoxy) is 4. The van der Waals surface area contributed by atoms with Crippen molar-refractivity contribution in [2.24, 2.45) is 0 Å². The molecule has 0 atom stereocenters. The molecule has 8 heteroatoms. The van der Waals surface area contributed by atoms with Gasteiger partial charge in [0.1, 0.15) is 11.5 Å². The maximum Gasteiger partial charge on any atom is 0.231 e. The van der Waals surface area contributed by atoms with Crippen LogP contribution in [0, 0.1) is 0 Å². The molecule has 1 N–H and O–H groups in total. The Balaban J connectivity index is 1.35.